The molecule has 2 aromatic heterocycles. The van der Waals surface area contributed by atoms with Gasteiger partial charge in [0.25, 0.3) is 11.8 Å². The molecule has 2 fully saturated rings. The largest absolute Gasteiger partial charge is 0.368 e. The third kappa shape index (κ3) is 6.78. The van der Waals surface area contributed by atoms with Gasteiger partial charge < -0.3 is 20.4 Å². The molecule has 4 aliphatic rings. The first-order chi connectivity index (χ1) is 28.0. The third-order valence-electron chi connectivity index (χ3n) is 11.6. The van der Waals surface area contributed by atoms with E-state index >= 15 is 0 Å². The van der Waals surface area contributed by atoms with Gasteiger partial charge in [0, 0.05) is 76.0 Å². The fraction of sp³-hybridized carbons (Fsp3) is 0.333. The van der Waals surface area contributed by atoms with E-state index in [-0.39, 0.29) is 29.9 Å². The lowest BCUT2D eigenvalue weighted by Gasteiger charge is -2.37. The monoisotopic (exact) mass is 781 g/mol. The highest BCUT2D eigenvalue weighted by atomic mass is 16.2. The molecule has 2 saturated heterocycles. The number of nitrogens with zero attached hydrogens (tertiary/aromatic N) is 8. The average molecular weight is 782 g/mol. The van der Waals surface area contributed by atoms with Gasteiger partial charge in [0.2, 0.25) is 23.7 Å². The molecule has 5 amide bonds. The Balaban J connectivity index is 0.802. The Bertz CT molecular complexity index is 2520. The molecule has 3 N–H and O–H groups in total. The van der Waals surface area contributed by atoms with E-state index in [0.29, 0.717) is 56.7 Å². The van der Waals surface area contributed by atoms with Crippen molar-refractivity contribution in [2.45, 2.75) is 45.7 Å². The van der Waals surface area contributed by atoms with Gasteiger partial charge in [0.05, 0.1) is 23.1 Å². The van der Waals surface area contributed by atoms with E-state index in [1.54, 1.807) is 29.1 Å². The van der Waals surface area contributed by atoms with Gasteiger partial charge in [-0.15, -0.1) is 0 Å². The van der Waals surface area contributed by atoms with Crippen LogP contribution in [0.5, 0.6) is 0 Å². The van der Waals surface area contributed by atoms with Crippen molar-refractivity contribution < 1.29 is 24.0 Å². The Kier molecular flexibility index (Phi) is 9.35. The summed E-state index contributed by atoms with van der Waals surface area (Å²) in [6.07, 6.45) is 2.80. The summed E-state index contributed by atoms with van der Waals surface area (Å²) in [6.45, 7) is 8.04. The molecule has 0 bridgehead atoms. The fourth-order valence-corrected chi connectivity index (χ4v) is 8.44. The number of fused-ring (bicyclic) bond motifs is 3. The van der Waals surface area contributed by atoms with Gasteiger partial charge in [-0.25, -0.2) is 9.67 Å². The zero-order valence-electron chi connectivity index (χ0n) is 32.5. The molecule has 0 radical (unpaired) electrons. The number of nitrogens with one attached hydrogen (secondary N) is 3. The topological polar surface area (TPSA) is 178 Å². The predicted octanol–water partition coefficient (Wildman–Crippen LogP) is 3.58. The Morgan fingerprint density at radius 3 is 2.41 bits per heavy atom. The predicted molar refractivity (Wildman–Crippen MR) is 216 cm³/mol. The molecular weight excluding hydrogens is 739 g/mol. The van der Waals surface area contributed by atoms with Crippen molar-refractivity contribution in [2.75, 3.05) is 54.8 Å². The minimum Gasteiger partial charge on any atom is -0.368 e. The lowest BCUT2D eigenvalue weighted by molar-refractivity contribution is -0.136. The molecule has 0 spiro atoms. The molecular formula is C42H43N11O5. The van der Waals surface area contributed by atoms with Crippen LogP contribution in [0.25, 0.3) is 11.0 Å². The first-order valence-corrected chi connectivity index (χ1v) is 19.5. The molecule has 1 atom stereocenters. The molecule has 16 heteroatoms. The van der Waals surface area contributed by atoms with Crippen molar-refractivity contribution in [3.05, 3.63) is 94.2 Å². The number of imide groups is 2. The molecule has 58 heavy (non-hydrogen) atoms. The summed E-state index contributed by atoms with van der Waals surface area (Å²) in [7, 11) is 1.87. The van der Waals surface area contributed by atoms with Crippen LogP contribution in [0.15, 0.2) is 60.8 Å². The summed E-state index contributed by atoms with van der Waals surface area (Å²) in [6, 6.07) is 16.5. The quantitative estimate of drug-likeness (QED) is 0.195. The molecule has 296 valence electrons. The molecule has 4 aliphatic heterocycles. The van der Waals surface area contributed by atoms with Crippen LogP contribution in [0.3, 0.4) is 0 Å². The molecule has 9 rings (SSSR count). The number of rotatable bonds is 8. The minimum absolute atomic E-state index is 0.0660. The molecule has 16 nitrogen and oxygen atoms in total. The van der Waals surface area contributed by atoms with Crippen molar-refractivity contribution >= 4 is 69.4 Å². The zero-order chi connectivity index (χ0) is 40.2. The molecule has 0 saturated carbocycles. The van der Waals surface area contributed by atoms with Crippen LogP contribution in [0.2, 0.25) is 0 Å². The van der Waals surface area contributed by atoms with Crippen LogP contribution < -0.4 is 20.9 Å². The van der Waals surface area contributed by atoms with Crippen LogP contribution in [0.4, 0.5) is 28.8 Å². The van der Waals surface area contributed by atoms with Crippen molar-refractivity contribution in [2.24, 2.45) is 7.05 Å². The number of aryl methyl sites for hydroxylation is 3. The van der Waals surface area contributed by atoms with E-state index in [9.17, 15) is 24.0 Å². The van der Waals surface area contributed by atoms with E-state index in [1.807, 2.05) is 24.1 Å². The Morgan fingerprint density at radius 2 is 1.64 bits per heavy atom. The van der Waals surface area contributed by atoms with E-state index in [1.165, 1.54) is 5.56 Å². The van der Waals surface area contributed by atoms with Gasteiger partial charge in [0.15, 0.2) is 11.5 Å². The Hall–Kier alpha value is -6.68. The number of benzene rings is 3. The highest BCUT2D eigenvalue weighted by Crippen LogP contribution is 2.32. The molecule has 5 aromatic rings. The minimum atomic E-state index is -1.01. The van der Waals surface area contributed by atoms with E-state index in [4.69, 9.17) is 4.98 Å². The van der Waals surface area contributed by atoms with Gasteiger partial charge in [-0.2, -0.15) is 10.1 Å². The summed E-state index contributed by atoms with van der Waals surface area (Å²) in [5.74, 6) is -0.885. The standard InChI is InChI=1S/C42H43N11O5/c1-24-5-4-6-25(2)36(24)46-37-32-21-43-42(47-38(32)49(3)48-37)44-28-8-7-26-13-14-50(22-27(26)19-28)23-35(55)52-17-15-51(16-18-52)29-9-10-30-31(20-29)41(58)53(40(30)57)33-11-12-34(54)45-39(33)56/h4-10,19-21,33H,11-18,22-23H2,1-3H3,(H,46,48)(H,43,44,47)(H,45,54,56). The summed E-state index contributed by atoms with van der Waals surface area (Å²) in [5.41, 5.74) is 8.50. The number of amides is 5. The van der Waals surface area contributed by atoms with Crippen LogP contribution in [0, 0.1) is 13.8 Å². The first kappa shape index (κ1) is 36.9. The number of hydrogen-bond acceptors (Lipinski definition) is 12. The van der Waals surface area contributed by atoms with Gasteiger partial charge in [-0.3, -0.25) is 39.1 Å². The van der Waals surface area contributed by atoms with Crippen molar-refractivity contribution in [3.8, 4) is 0 Å². The summed E-state index contributed by atoms with van der Waals surface area (Å²) < 4.78 is 1.75. The summed E-state index contributed by atoms with van der Waals surface area (Å²) in [5, 5.41) is 14.6. The second-order valence-electron chi connectivity index (χ2n) is 15.4. The highest BCUT2D eigenvalue weighted by Gasteiger charge is 2.45. The number of aromatic nitrogens is 4. The first-order valence-electron chi connectivity index (χ1n) is 19.5. The number of carbonyl (C=O) groups excluding carboxylic acids is 5. The smallest absolute Gasteiger partial charge is 0.262 e. The second-order valence-corrected chi connectivity index (χ2v) is 15.4. The maximum absolute atomic E-state index is 13.6. The number of hydrogen-bond donors (Lipinski definition) is 3. The maximum Gasteiger partial charge on any atom is 0.262 e. The fourth-order valence-electron chi connectivity index (χ4n) is 8.44. The number of carbonyl (C=O) groups is 5. The summed E-state index contributed by atoms with van der Waals surface area (Å²) in [4.78, 5) is 80.7. The number of piperazine rings is 1. The van der Waals surface area contributed by atoms with Gasteiger partial charge in [-0.1, -0.05) is 24.3 Å². The lowest BCUT2D eigenvalue weighted by atomic mass is 9.99. The summed E-state index contributed by atoms with van der Waals surface area (Å²) >= 11 is 0. The van der Waals surface area contributed by atoms with Crippen molar-refractivity contribution in [1.82, 2.24) is 39.8 Å². The Morgan fingerprint density at radius 1 is 0.862 bits per heavy atom. The lowest BCUT2D eigenvalue weighted by Crippen LogP contribution is -2.54. The molecule has 1 unspecified atom stereocenters. The van der Waals surface area contributed by atoms with Gasteiger partial charge in [-0.05, 0) is 79.3 Å². The van der Waals surface area contributed by atoms with E-state index < -0.39 is 29.7 Å². The number of para-hydroxylation sites is 1. The maximum atomic E-state index is 13.6. The van der Waals surface area contributed by atoms with Crippen molar-refractivity contribution in [3.63, 3.8) is 0 Å². The SMILES string of the molecule is Cc1cccc(C)c1Nc1nn(C)c2nc(Nc3ccc4c(c3)CN(CC(=O)N3CCN(c5ccc6c(c5)C(=O)N(C5CCC(=O)NC5=O)C6=O)CC3)CC4)ncc12. The van der Waals surface area contributed by atoms with Crippen LogP contribution in [0.1, 0.15) is 55.8 Å². The Labute approximate surface area is 334 Å². The van der Waals surface area contributed by atoms with E-state index in [0.717, 1.165) is 57.0 Å². The molecule has 0 aliphatic carbocycles. The van der Waals surface area contributed by atoms with Crippen LogP contribution in [-0.4, -0.2) is 109 Å². The third-order valence-corrected chi connectivity index (χ3v) is 11.6. The second kappa shape index (κ2) is 14.7. The highest BCUT2D eigenvalue weighted by molar-refractivity contribution is 6.23. The molecule has 3 aromatic carbocycles. The van der Waals surface area contributed by atoms with Crippen LogP contribution >= 0.6 is 0 Å². The zero-order valence-corrected chi connectivity index (χ0v) is 32.5. The van der Waals surface area contributed by atoms with E-state index in [2.05, 4.69) is 73.9 Å². The van der Waals surface area contributed by atoms with Gasteiger partial charge in [0.1, 0.15) is 6.04 Å². The number of anilines is 5. The number of piperidine rings is 1. The average Bonchev–Trinajstić information content (AvgIpc) is 3.66. The molecule has 6 heterocycles. The van der Waals surface area contributed by atoms with Crippen LogP contribution in [-0.2, 0) is 34.4 Å². The normalized spacial score (nSPS) is 18.4. The van der Waals surface area contributed by atoms with Gasteiger partial charge >= 0.3 is 0 Å². The van der Waals surface area contributed by atoms with Crippen molar-refractivity contribution in [1.29, 1.82) is 0 Å².